The summed E-state index contributed by atoms with van der Waals surface area (Å²) in [6, 6.07) is 0. The topological polar surface area (TPSA) is 43.4 Å². The lowest BCUT2D eigenvalue weighted by molar-refractivity contribution is 0.330. The fraction of sp³-hybridized carbons (Fsp3) is 1.00. The highest BCUT2D eigenvalue weighted by Crippen LogP contribution is 2.26. The van der Waals surface area contributed by atoms with Crippen molar-refractivity contribution in [2.75, 3.05) is 0 Å². The molecule has 1 saturated carbocycles. The summed E-state index contributed by atoms with van der Waals surface area (Å²) in [4.78, 5) is 0. The van der Waals surface area contributed by atoms with Crippen molar-refractivity contribution < 1.29 is 12.6 Å². The molecule has 0 aromatic carbocycles. The van der Waals surface area contributed by atoms with Crippen LogP contribution in [0, 0.1) is 0 Å². The van der Waals surface area contributed by atoms with E-state index in [9.17, 15) is 8.42 Å². The van der Waals surface area contributed by atoms with Gasteiger partial charge in [-0.1, -0.05) is 42.5 Å². The summed E-state index contributed by atoms with van der Waals surface area (Å²) in [7, 11) is -3.55. The summed E-state index contributed by atoms with van der Waals surface area (Å²) in [6.07, 6.45) is 4.27. The van der Waals surface area contributed by atoms with Gasteiger partial charge in [0, 0.05) is 0 Å². The van der Waals surface area contributed by atoms with E-state index >= 15 is 0 Å². The van der Waals surface area contributed by atoms with Crippen LogP contribution in [0.5, 0.6) is 0 Å². The lowest BCUT2D eigenvalue weighted by Gasteiger charge is -2.21. The molecule has 3 nitrogen and oxygen atoms in total. The Kier molecular flexibility index (Phi) is 4.29. The Morgan fingerprint density at radius 1 is 1.15 bits per heavy atom. The molecular weight excluding hydrogens is 235 g/mol. The minimum absolute atomic E-state index is 0.416. The number of hydrogen-bond acceptors (Lipinski definition) is 3. The Morgan fingerprint density at radius 3 is 2.15 bits per heavy atom. The second-order valence-electron chi connectivity index (χ2n) is 3.11. The maximum absolute atomic E-state index is 11.4. The maximum Gasteiger partial charge on any atom is 0.272 e. The third-order valence-corrected chi connectivity index (χ3v) is 4.31. The average Bonchev–Trinajstić information content (AvgIpc) is 2.04. The van der Waals surface area contributed by atoms with Gasteiger partial charge in [-0.05, 0) is 12.8 Å². The standard InChI is InChI=1S/C7H12Cl2O3S/c8-7(9)12-13(10,11)6-4-2-1-3-5-6/h6-7H,1-5H2. The fourth-order valence-corrected chi connectivity index (χ4v) is 3.41. The molecule has 0 N–H and O–H groups in total. The first-order chi connectivity index (χ1) is 6.02. The van der Waals surface area contributed by atoms with Gasteiger partial charge >= 0.3 is 0 Å². The van der Waals surface area contributed by atoms with Crippen molar-refractivity contribution in [2.45, 2.75) is 42.4 Å². The van der Waals surface area contributed by atoms with Crippen molar-refractivity contribution >= 4 is 33.3 Å². The van der Waals surface area contributed by atoms with E-state index < -0.39 is 20.4 Å². The lowest BCUT2D eigenvalue weighted by atomic mass is 10.0. The zero-order valence-electron chi connectivity index (χ0n) is 7.08. The van der Waals surface area contributed by atoms with Gasteiger partial charge in [0.15, 0.2) is 0 Å². The zero-order valence-corrected chi connectivity index (χ0v) is 9.41. The molecule has 1 rings (SSSR count). The molecule has 78 valence electrons. The largest absolute Gasteiger partial charge is 0.272 e. The Morgan fingerprint density at radius 2 is 1.69 bits per heavy atom. The highest BCUT2D eigenvalue weighted by Gasteiger charge is 2.29. The monoisotopic (exact) mass is 246 g/mol. The molecule has 0 amide bonds. The van der Waals surface area contributed by atoms with Crippen LogP contribution in [0.2, 0.25) is 0 Å². The van der Waals surface area contributed by atoms with E-state index in [2.05, 4.69) is 4.18 Å². The molecule has 13 heavy (non-hydrogen) atoms. The van der Waals surface area contributed by atoms with E-state index in [-0.39, 0.29) is 0 Å². The van der Waals surface area contributed by atoms with Gasteiger partial charge in [-0.2, -0.15) is 8.42 Å². The SMILES string of the molecule is O=S(=O)(OC(Cl)Cl)C1CCCCC1. The van der Waals surface area contributed by atoms with Crippen molar-refractivity contribution in [3.8, 4) is 0 Å². The second kappa shape index (κ2) is 4.82. The zero-order chi connectivity index (χ0) is 9.90. The predicted octanol–water partition coefficient (Wildman–Crippen LogP) is 2.43. The molecule has 0 radical (unpaired) electrons. The van der Waals surface area contributed by atoms with Crippen LogP contribution in [0.3, 0.4) is 0 Å². The molecule has 0 unspecified atom stereocenters. The molecule has 0 bridgehead atoms. The first kappa shape index (κ1) is 11.6. The number of halogens is 2. The van der Waals surface area contributed by atoms with E-state index in [4.69, 9.17) is 23.2 Å². The summed E-state index contributed by atoms with van der Waals surface area (Å²) in [6.45, 7) is 0. The molecule has 0 atom stereocenters. The van der Waals surface area contributed by atoms with Crippen molar-refractivity contribution in [3.05, 3.63) is 0 Å². The van der Waals surface area contributed by atoms with Gasteiger partial charge < -0.3 is 0 Å². The van der Waals surface area contributed by atoms with Crippen LogP contribution >= 0.6 is 23.2 Å². The van der Waals surface area contributed by atoms with Crippen LogP contribution in [0.25, 0.3) is 0 Å². The van der Waals surface area contributed by atoms with Crippen molar-refractivity contribution in [2.24, 2.45) is 0 Å². The molecule has 0 aromatic rings. The van der Waals surface area contributed by atoms with E-state index in [1.165, 1.54) is 0 Å². The highest BCUT2D eigenvalue weighted by molar-refractivity contribution is 7.87. The minimum atomic E-state index is -3.55. The van der Waals surface area contributed by atoms with Gasteiger partial charge in [-0.3, -0.25) is 0 Å². The third kappa shape index (κ3) is 3.62. The average molecular weight is 247 g/mol. The summed E-state index contributed by atoms with van der Waals surface area (Å²) < 4.78 is 27.3. The predicted molar refractivity (Wildman–Crippen MR) is 52.4 cm³/mol. The summed E-state index contributed by atoms with van der Waals surface area (Å²) >= 11 is 10.5. The van der Waals surface area contributed by atoms with Crippen LogP contribution in [0.4, 0.5) is 0 Å². The number of hydrogen-bond donors (Lipinski definition) is 0. The molecular formula is C7H12Cl2O3S. The normalized spacial score (nSPS) is 20.8. The quantitative estimate of drug-likeness (QED) is 0.568. The molecule has 0 aliphatic heterocycles. The van der Waals surface area contributed by atoms with Crippen LogP contribution in [0.1, 0.15) is 32.1 Å². The molecule has 6 heteroatoms. The molecule has 1 aliphatic rings. The molecule has 1 aliphatic carbocycles. The molecule has 1 fully saturated rings. The molecule has 0 aromatic heterocycles. The van der Waals surface area contributed by atoms with E-state index in [1.807, 2.05) is 0 Å². The van der Waals surface area contributed by atoms with Crippen LogP contribution in [-0.4, -0.2) is 18.7 Å². The first-order valence-corrected chi connectivity index (χ1v) is 6.57. The fourth-order valence-electron chi connectivity index (χ4n) is 1.53. The first-order valence-electron chi connectivity index (χ1n) is 4.22. The van der Waals surface area contributed by atoms with Gasteiger partial charge in [0.05, 0.1) is 5.25 Å². The van der Waals surface area contributed by atoms with Gasteiger partial charge in [-0.15, -0.1) is 0 Å². The van der Waals surface area contributed by atoms with Crippen molar-refractivity contribution in [3.63, 3.8) is 0 Å². The lowest BCUT2D eigenvalue weighted by Crippen LogP contribution is -2.26. The van der Waals surface area contributed by atoms with Crippen molar-refractivity contribution in [1.29, 1.82) is 0 Å². The van der Waals surface area contributed by atoms with Gasteiger partial charge in [0.25, 0.3) is 10.1 Å². The van der Waals surface area contributed by atoms with E-state index in [1.54, 1.807) is 0 Å². The Balaban J connectivity index is 2.57. The number of alkyl halides is 2. The van der Waals surface area contributed by atoms with Crippen molar-refractivity contribution in [1.82, 2.24) is 0 Å². The van der Waals surface area contributed by atoms with E-state index in [0.29, 0.717) is 12.8 Å². The van der Waals surface area contributed by atoms with Crippen LogP contribution in [-0.2, 0) is 14.3 Å². The Labute approximate surface area is 88.5 Å². The summed E-state index contributed by atoms with van der Waals surface area (Å²) in [5.41, 5.74) is 0. The maximum atomic E-state index is 11.4. The number of rotatable bonds is 3. The van der Waals surface area contributed by atoms with Gasteiger partial charge in [0.1, 0.15) is 0 Å². The summed E-state index contributed by atoms with van der Waals surface area (Å²) in [5, 5.41) is -1.70. The third-order valence-electron chi connectivity index (χ3n) is 2.17. The van der Waals surface area contributed by atoms with Gasteiger partial charge in [-0.25, -0.2) is 4.18 Å². The smallest absolute Gasteiger partial charge is 0.234 e. The van der Waals surface area contributed by atoms with E-state index in [0.717, 1.165) is 19.3 Å². The highest BCUT2D eigenvalue weighted by atomic mass is 35.5. The summed E-state index contributed by atoms with van der Waals surface area (Å²) in [5.74, 6) is 0. The second-order valence-corrected chi connectivity index (χ2v) is 5.97. The Bertz CT molecular complexity index is 244. The molecule has 0 spiro atoms. The molecule has 0 saturated heterocycles. The van der Waals surface area contributed by atoms with Crippen LogP contribution in [0.15, 0.2) is 0 Å². The molecule has 0 heterocycles. The van der Waals surface area contributed by atoms with Gasteiger partial charge in [0.2, 0.25) is 5.02 Å². The minimum Gasteiger partial charge on any atom is -0.234 e. The Hall–Kier alpha value is 0.490. The van der Waals surface area contributed by atoms with Crippen LogP contribution < -0.4 is 0 Å².